The standard InChI is InChI=1S/C17H24ClN3O/c1-13-9-14-10-15(18)3-4-17(14)21(13)12-16(22)11-20-7-5-19(2)6-8-20/h3-4,9-10,16,22H,5-8,11-12H2,1-2H3. The summed E-state index contributed by atoms with van der Waals surface area (Å²) >= 11 is 6.06. The van der Waals surface area contributed by atoms with E-state index in [4.69, 9.17) is 11.6 Å². The van der Waals surface area contributed by atoms with Gasteiger partial charge in [-0.25, -0.2) is 0 Å². The lowest BCUT2D eigenvalue weighted by Crippen LogP contribution is -2.47. The Morgan fingerprint density at radius 3 is 2.59 bits per heavy atom. The van der Waals surface area contributed by atoms with Crippen molar-refractivity contribution in [1.29, 1.82) is 0 Å². The molecule has 1 aliphatic heterocycles. The highest BCUT2D eigenvalue weighted by Crippen LogP contribution is 2.23. The lowest BCUT2D eigenvalue weighted by Gasteiger charge is -2.33. The normalized spacial score (nSPS) is 18.9. The molecule has 0 saturated carbocycles. The fraction of sp³-hybridized carbons (Fsp3) is 0.529. The van der Waals surface area contributed by atoms with Gasteiger partial charge in [-0.05, 0) is 38.2 Å². The average molecular weight is 322 g/mol. The predicted octanol–water partition coefficient (Wildman–Crippen LogP) is 2.21. The van der Waals surface area contributed by atoms with Gasteiger partial charge in [0.2, 0.25) is 0 Å². The molecule has 1 aromatic heterocycles. The molecule has 1 fully saturated rings. The number of hydrogen-bond donors (Lipinski definition) is 1. The van der Waals surface area contributed by atoms with Crippen molar-refractivity contribution in [3.05, 3.63) is 35.0 Å². The quantitative estimate of drug-likeness (QED) is 0.937. The number of nitrogens with zero attached hydrogens (tertiary/aromatic N) is 3. The summed E-state index contributed by atoms with van der Waals surface area (Å²) in [5.74, 6) is 0. The van der Waals surface area contributed by atoms with Crippen molar-refractivity contribution < 1.29 is 5.11 Å². The van der Waals surface area contributed by atoms with Gasteiger partial charge in [0.25, 0.3) is 0 Å². The zero-order valence-electron chi connectivity index (χ0n) is 13.3. The summed E-state index contributed by atoms with van der Waals surface area (Å²) in [4.78, 5) is 4.68. The van der Waals surface area contributed by atoms with E-state index >= 15 is 0 Å². The number of benzene rings is 1. The molecule has 0 aliphatic carbocycles. The number of β-amino-alcohol motifs (C(OH)–C–C–N with tert-alkyl or cyclic N) is 1. The minimum atomic E-state index is -0.353. The first-order chi connectivity index (χ1) is 10.5. The van der Waals surface area contributed by atoms with E-state index in [1.807, 2.05) is 18.2 Å². The number of aliphatic hydroxyl groups is 1. The first kappa shape index (κ1) is 15.8. The first-order valence-electron chi connectivity index (χ1n) is 7.87. The molecular weight excluding hydrogens is 298 g/mol. The van der Waals surface area contributed by atoms with Crippen molar-refractivity contribution >= 4 is 22.5 Å². The van der Waals surface area contributed by atoms with Crippen LogP contribution in [-0.2, 0) is 6.54 Å². The van der Waals surface area contributed by atoms with E-state index in [2.05, 4.69) is 34.4 Å². The minimum Gasteiger partial charge on any atom is -0.390 e. The smallest absolute Gasteiger partial charge is 0.0845 e. The Bertz CT molecular complexity index is 647. The Kier molecular flexibility index (Phi) is 4.73. The van der Waals surface area contributed by atoms with Crippen LogP contribution < -0.4 is 0 Å². The second kappa shape index (κ2) is 6.59. The summed E-state index contributed by atoms with van der Waals surface area (Å²) in [5, 5.41) is 12.4. The number of hydrogen-bond acceptors (Lipinski definition) is 3. The molecule has 1 N–H and O–H groups in total. The molecule has 1 saturated heterocycles. The molecule has 2 heterocycles. The molecule has 0 radical (unpaired) electrons. The number of fused-ring (bicyclic) bond motifs is 1. The van der Waals surface area contributed by atoms with Crippen LogP contribution in [0, 0.1) is 6.92 Å². The molecule has 120 valence electrons. The highest BCUT2D eigenvalue weighted by molar-refractivity contribution is 6.31. The van der Waals surface area contributed by atoms with Crippen molar-refractivity contribution in [1.82, 2.24) is 14.4 Å². The van der Waals surface area contributed by atoms with E-state index in [0.717, 1.165) is 54.3 Å². The van der Waals surface area contributed by atoms with Gasteiger partial charge in [0, 0.05) is 54.3 Å². The van der Waals surface area contributed by atoms with Gasteiger partial charge < -0.3 is 14.6 Å². The van der Waals surface area contributed by atoms with E-state index in [1.54, 1.807) is 0 Å². The monoisotopic (exact) mass is 321 g/mol. The van der Waals surface area contributed by atoms with E-state index in [1.165, 1.54) is 0 Å². The lowest BCUT2D eigenvalue weighted by atomic mass is 10.2. The van der Waals surface area contributed by atoms with Crippen LogP contribution in [0.5, 0.6) is 0 Å². The van der Waals surface area contributed by atoms with Crippen LogP contribution in [0.3, 0.4) is 0 Å². The van der Waals surface area contributed by atoms with Crippen LogP contribution in [0.25, 0.3) is 10.9 Å². The van der Waals surface area contributed by atoms with Gasteiger partial charge in [0.05, 0.1) is 12.6 Å². The number of piperazine rings is 1. The average Bonchev–Trinajstić information content (AvgIpc) is 2.77. The van der Waals surface area contributed by atoms with Gasteiger partial charge in [-0.2, -0.15) is 0 Å². The second-order valence-corrected chi connectivity index (χ2v) is 6.79. The van der Waals surface area contributed by atoms with Gasteiger partial charge >= 0.3 is 0 Å². The van der Waals surface area contributed by atoms with E-state index < -0.39 is 0 Å². The third-order valence-corrected chi connectivity index (χ3v) is 4.76. The molecule has 5 heteroatoms. The number of rotatable bonds is 4. The molecule has 0 bridgehead atoms. The summed E-state index contributed by atoms with van der Waals surface area (Å²) in [6.45, 7) is 7.68. The minimum absolute atomic E-state index is 0.353. The molecule has 0 spiro atoms. The number of aromatic nitrogens is 1. The Hall–Kier alpha value is -1.07. The number of aryl methyl sites for hydroxylation is 1. The topological polar surface area (TPSA) is 31.6 Å². The zero-order valence-corrected chi connectivity index (χ0v) is 14.1. The Morgan fingerprint density at radius 2 is 1.86 bits per heavy atom. The van der Waals surface area contributed by atoms with Gasteiger partial charge in [-0.1, -0.05) is 11.6 Å². The molecule has 1 unspecified atom stereocenters. The SMILES string of the molecule is Cc1cc2cc(Cl)ccc2n1CC(O)CN1CCN(C)CC1. The van der Waals surface area contributed by atoms with Gasteiger partial charge in [0.15, 0.2) is 0 Å². The van der Waals surface area contributed by atoms with Crippen LogP contribution in [0.1, 0.15) is 5.69 Å². The maximum absolute atomic E-state index is 10.5. The molecule has 3 rings (SSSR count). The number of halogens is 1. The van der Waals surface area contributed by atoms with Crippen LogP contribution in [0.4, 0.5) is 0 Å². The van der Waals surface area contributed by atoms with Crippen LogP contribution >= 0.6 is 11.6 Å². The maximum atomic E-state index is 10.5. The van der Waals surface area contributed by atoms with E-state index in [9.17, 15) is 5.11 Å². The van der Waals surface area contributed by atoms with Crippen molar-refractivity contribution in [2.24, 2.45) is 0 Å². The summed E-state index contributed by atoms with van der Waals surface area (Å²) in [6, 6.07) is 8.05. The Labute approximate surface area is 136 Å². The van der Waals surface area contributed by atoms with Crippen LogP contribution in [0.15, 0.2) is 24.3 Å². The molecule has 1 atom stereocenters. The second-order valence-electron chi connectivity index (χ2n) is 6.36. The van der Waals surface area contributed by atoms with Crippen molar-refractivity contribution in [3.8, 4) is 0 Å². The van der Waals surface area contributed by atoms with Crippen molar-refractivity contribution in [2.45, 2.75) is 19.6 Å². The maximum Gasteiger partial charge on any atom is 0.0845 e. The lowest BCUT2D eigenvalue weighted by molar-refractivity contribution is 0.0714. The third-order valence-electron chi connectivity index (χ3n) is 4.53. The summed E-state index contributed by atoms with van der Waals surface area (Å²) < 4.78 is 2.19. The van der Waals surface area contributed by atoms with Crippen LogP contribution in [0.2, 0.25) is 5.02 Å². The van der Waals surface area contributed by atoms with E-state index in [-0.39, 0.29) is 6.10 Å². The highest BCUT2D eigenvalue weighted by Gasteiger charge is 2.18. The molecular formula is C17H24ClN3O. The van der Waals surface area contributed by atoms with Crippen molar-refractivity contribution in [3.63, 3.8) is 0 Å². The third kappa shape index (κ3) is 3.46. The number of likely N-dealkylation sites (N-methyl/N-ethyl adjacent to an activating group) is 1. The molecule has 1 aliphatic rings. The first-order valence-corrected chi connectivity index (χ1v) is 8.25. The zero-order chi connectivity index (χ0) is 15.7. The van der Waals surface area contributed by atoms with E-state index in [0.29, 0.717) is 6.54 Å². The number of aliphatic hydroxyl groups excluding tert-OH is 1. The Balaban J connectivity index is 1.68. The molecule has 2 aromatic rings. The van der Waals surface area contributed by atoms with Crippen molar-refractivity contribution in [2.75, 3.05) is 39.8 Å². The molecule has 22 heavy (non-hydrogen) atoms. The summed E-state index contributed by atoms with van der Waals surface area (Å²) in [6.07, 6.45) is -0.353. The van der Waals surface area contributed by atoms with Gasteiger partial charge in [-0.3, -0.25) is 4.90 Å². The fourth-order valence-electron chi connectivity index (χ4n) is 3.22. The van der Waals surface area contributed by atoms with Crippen LogP contribution in [-0.4, -0.2) is 65.3 Å². The fourth-order valence-corrected chi connectivity index (χ4v) is 3.40. The highest BCUT2D eigenvalue weighted by atomic mass is 35.5. The largest absolute Gasteiger partial charge is 0.390 e. The van der Waals surface area contributed by atoms with Gasteiger partial charge in [0.1, 0.15) is 0 Å². The predicted molar refractivity (Wildman–Crippen MR) is 91.6 cm³/mol. The summed E-state index contributed by atoms with van der Waals surface area (Å²) in [7, 11) is 2.15. The Morgan fingerprint density at radius 1 is 1.14 bits per heavy atom. The molecule has 1 aromatic carbocycles. The molecule has 4 nitrogen and oxygen atoms in total. The summed E-state index contributed by atoms with van der Waals surface area (Å²) in [5.41, 5.74) is 2.30. The van der Waals surface area contributed by atoms with Gasteiger partial charge in [-0.15, -0.1) is 0 Å². The molecule has 0 amide bonds.